The zero-order chi connectivity index (χ0) is 11.1. The van der Waals surface area contributed by atoms with Crippen molar-refractivity contribution >= 4 is 15.9 Å². The first-order chi connectivity index (χ1) is 7.22. The number of methoxy groups -OCH3 is 1. The van der Waals surface area contributed by atoms with Crippen molar-refractivity contribution < 1.29 is 9.84 Å². The monoisotopic (exact) mass is 274 g/mol. The fraction of sp³-hybridized carbons (Fsp3) is 0.500. The molecule has 15 heavy (non-hydrogen) atoms. The third kappa shape index (κ3) is 5.22. The van der Waals surface area contributed by atoms with Gasteiger partial charge in [-0.15, -0.1) is 0 Å². The van der Waals surface area contributed by atoms with E-state index in [4.69, 9.17) is 4.74 Å². The molecule has 0 aliphatic rings. The molecule has 1 rings (SSSR count). The van der Waals surface area contributed by atoms with Gasteiger partial charge in [0.2, 0.25) is 0 Å². The molecular weight excluding hydrogens is 260 g/mol. The van der Waals surface area contributed by atoms with Gasteiger partial charge in [0.1, 0.15) is 0 Å². The molecule has 0 amide bonds. The molecule has 0 aliphatic carbocycles. The highest BCUT2D eigenvalue weighted by molar-refractivity contribution is 9.10. The SMILES string of the molecule is COCC(O)CNCc1ccc(Br)cn1. The predicted octanol–water partition coefficient (Wildman–Crippen LogP) is 0.941. The number of aromatic nitrogens is 1. The molecule has 0 saturated carbocycles. The third-order valence-corrected chi connectivity index (χ3v) is 2.30. The lowest BCUT2D eigenvalue weighted by Crippen LogP contribution is -2.29. The fourth-order valence-corrected chi connectivity index (χ4v) is 1.36. The average Bonchev–Trinajstić information content (AvgIpc) is 2.21. The fourth-order valence-electron chi connectivity index (χ4n) is 1.13. The molecule has 1 aromatic rings. The molecular formula is C10H15BrN2O2. The Hall–Kier alpha value is -0.490. The molecule has 0 aromatic carbocycles. The summed E-state index contributed by atoms with van der Waals surface area (Å²) in [6.45, 7) is 1.50. The maximum Gasteiger partial charge on any atom is 0.0897 e. The number of aliphatic hydroxyl groups is 1. The van der Waals surface area contributed by atoms with Gasteiger partial charge in [0.15, 0.2) is 0 Å². The summed E-state index contributed by atoms with van der Waals surface area (Å²) in [6, 6.07) is 3.87. The van der Waals surface area contributed by atoms with Crippen molar-refractivity contribution in [3.05, 3.63) is 28.5 Å². The maximum absolute atomic E-state index is 9.36. The first kappa shape index (κ1) is 12.6. The molecule has 0 saturated heterocycles. The molecule has 1 heterocycles. The van der Waals surface area contributed by atoms with E-state index in [9.17, 15) is 5.11 Å². The summed E-state index contributed by atoms with van der Waals surface area (Å²) in [5.74, 6) is 0. The predicted molar refractivity (Wildman–Crippen MR) is 61.5 cm³/mol. The van der Waals surface area contributed by atoms with Gasteiger partial charge in [0, 0.05) is 30.9 Å². The standard InChI is InChI=1S/C10H15BrN2O2/c1-15-7-10(14)6-12-5-9-3-2-8(11)4-13-9/h2-4,10,12,14H,5-7H2,1H3. The van der Waals surface area contributed by atoms with E-state index in [0.717, 1.165) is 10.2 Å². The topological polar surface area (TPSA) is 54.4 Å². The van der Waals surface area contributed by atoms with Crippen LogP contribution in [0.2, 0.25) is 0 Å². The van der Waals surface area contributed by atoms with Crippen molar-refractivity contribution in [2.45, 2.75) is 12.6 Å². The van der Waals surface area contributed by atoms with Crippen LogP contribution in [-0.2, 0) is 11.3 Å². The van der Waals surface area contributed by atoms with Gasteiger partial charge in [-0.05, 0) is 28.1 Å². The van der Waals surface area contributed by atoms with Gasteiger partial charge in [-0.1, -0.05) is 0 Å². The van der Waals surface area contributed by atoms with E-state index in [-0.39, 0.29) is 0 Å². The van der Waals surface area contributed by atoms with Gasteiger partial charge in [-0.2, -0.15) is 0 Å². The highest BCUT2D eigenvalue weighted by Crippen LogP contribution is 2.06. The van der Waals surface area contributed by atoms with E-state index in [2.05, 4.69) is 26.2 Å². The Kier molecular flexibility index (Phi) is 5.78. The lowest BCUT2D eigenvalue weighted by molar-refractivity contribution is 0.0643. The van der Waals surface area contributed by atoms with E-state index in [1.165, 1.54) is 0 Å². The molecule has 0 spiro atoms. The van der Waals surface area contributed by atoms with Gasteiger partial charge < -0.3 is 15.2 Å². The number of ether oxygens (including phenoxy) is 1. The zero-order valence-electron chi connectivity index (χ0n) is 8.61. The Morgan fingerprint density at radius 1 is 1.60 bits per heavy atom. The van der Waals surface area contributed by atoms with E-state index < -0.39 is 6.10 Å². The molecule has 1 aromatic heterocycles. The van der Waals surface area contributed by atoms with Gasteiger partial charge in [-0.25, -0.2) is 0 Å². The Balaban J connectivity index is 2.22. The summed E-state index contributed by atoms with van der Waals surface area (Å²) >= 11 is 3.32. The van der Waals surface area contributed by atoms with Crippen LogP contribution in [0.4, 0.5) is 0 Å². The Morgan fingerprint density at radius 3 is 3.00 bits per heavy atom. The van der Waals surface area contributed by atoms with Crippen LogP contribution < -0.4 is 5.32 Å². The first-order valence-corrected chi connectivity index (χ1v) is 5.50. The minimum atomic E-state index is -0.467. The van der Waals surface area contributed by atoms with E-state index in [1.807, 2.05) is 12.1 Å². The molecule has 2 N–H and O–H groups in total. The van der Waals surface area contributed by atoms with Crippen LogP contribution in [0.5, 0.6) is 0 Å². The second kappa shape index (κ2) is 6.90. The molecule has 4 nitrogen and oxygen atoms in total. The van der Waals surface area contributed by atoms with Crippen molar-refractivity contribution in [3.8, 4) is 0 Å². The minimum Gasteiger partial charge on any atom is -0.389 e. The van der Waals surface area contributed by atoms with Crippen molar-refractivity contribution in [3.63, 3.8) is 0 Å². The summed E-state index contributed by atoms with van der Waals surface area (Å²) in [5.41, 5.74) is 0.947. The molecule has 0 fully saturated rings. The molecule has 84 valence electrons. The Bertz CT molecular complexity index is 279. The number of hydrogen-bond donors (Lipinski definition) is 2. The van der Waals surface area contributed by atoms with E-state index in [1.54, 1.807) is 13.3 Å². The van der Waals surface area contributed by atoms with Gasteiger partial charge in [0.25, 0.3) is 0 Å². The summed E-state index contributed by atoms with van der Waals surface area (Å²) < 4.78 is 5.77. The number of aliphatic hydroxyl groups excluding tert-OH is 1. The quantitative estimate of drug-likeness (QED) is 0.811. The Morgan fingerprint density at radius 2 is 2.40 bits per heavy atom. The van der Waals surface area contributed by atoms with Gasteiger partial charge in [-0.3, -0.25) is 4.98 Å². The Labute approximate surface area is 97.8 Å². The van der Waals surface area contributed by atoms with Crippen molar-refractivity contribution in [2.75, 3.05) is 20.3 Å². The van der Waals surface area contributed by atoms with Crippen LogP contribution in [0.1, 0.15) is 5.69 Å². The first-order valence-electron chi connectivity index (χ1n) is 4.70. The molecule has 0 aliphatic heterocycles. The van der Waals surface area contributed by atoms with Crippen molar-refractivity contribution in [2.24, 2.45) is 0 Å². The second-order valence-electron chi connectivity index (χ2n) is 3.21. The third-order valence-electron chi connectivity index (χ3n) is 1.83. The zero-order valence-corrected chi connectivity index (χ0v) is 10.2. The van der Waals surface area contributed by atoms with Crippen molar-refractivity contribution in [1.29, 1.82) is 0 Å². The van der Waals surface area contributed by atoms with Crippen LogP contribution in [0.25, 0.3) is 0 Å². The lowest BCUT2D eigenvalue weighted by Gasteiger charge is -2.10. The summed E-state index contributed by atoms with van der Waals surface area (Å²) in [5, 5.41) is 12.5. The van der Waals surface area contributed by atoms with Gasteiger partial charge >= 0.3 is 0 Å². The van der Waals surface area contributed by atoms with Crippen LogP contribution in [0.3, 0.4) is 0 Å². The average molecular weight is 275 g/mol. The number of nitrogens with one attached hydrogen (secondary N) is 1. The highest BCUT2D eigenvalue weighted by Gasteiger charge is 2.02. The van der Waals surface area contributed by atoms with Crippen LogP contribution in [0, 0.1) is 0 Å². The second-order valence-corrected chi connectivity index (χ2v) is 4.12. The number of hydrogen-bond acceptors (Lipinski definition) is 4. The maximum atomic E-state index is 9.36. The summed E-state index contributed by atoms with van der Waals surface area (Å²) in [7, 11) is 1.57. The van der Waals surface area contributed by atoms with Crippen LogP contribution in [0.15, 0.2) is 22.8 Å². The van der Waals surface area contributed by atoms with E-state index >= 15 is 0 Å². The number of pyridine rings is 1. The smallest absolute Gasteiger partial charge is 0.0897 e. The number of nitrogens with zero attached hydrogens (tertiary/aromatic N) is 1. The molecule has 5 heteroatoms. The summed E-state index contributed by atoms with van der Waals surface area (Å²) in [4.78, 5) is 4.20. The number of halogens is 1. The molecule has 0 radical (unpaired) electrons. The normalized spacial score (nSPS) is 12.7. The van der Waals surface area contributed by atoms with E-state index in [0.29, 0.717) is 19.7 Å². The summed E-state index contributed by atoms with van der Waals surface area (Å²) in [6.07, 6.45) is 1.29. The molecule has 1 atom stereocenters. The van der Waals surface area contributed by atoms with Crippen molar-refractivity contribution in [1.82, 2.24) is 10.3 Å². The van der Waals surface area contributed by atoms with Gasteiger partial charge in [0.05, 0.1) is 18.4 Å². The molecule has 1 unspecified atom stereocenters. The molecule has 0 bridgehead atoms. The van der Waals surface area contributed by atoms with Crippen LogP contribution in [-0.4, -0.2) is 36.5 Å². The lowest BCUT2D eigenvalue weighted by atomic mass is 10.3. The van der Waals surface area contributed by atoms with Crippen LogP contribution >= 0.6 is 15.9 Å². The highest BCUT2D eigenvalue weighted by atomic mass is 79.9. The number of rotatable bonds is 6. The minimum absolute atomic E-state index is 0.348. The largest absolute Gasteiger partial charge is 0.389 e.